The van der Waals surface area contributed by atoms with Gasteiger partial charge in [0.25, 0.3) is 0 Å². The van der Waals surface area contributed by atoms with E-state index < -0.39 is 0 Å². The number of amides is 2. The molecule has 1 aliphatic carbocycles. The van der Waals surface area contributed by atoms with E-state index in [1.54, 1.807) is 32.5 Å². The second-order valence-corrected chi connectivity index (χ2v) is 6.13. The zero-order valence-corrected chi connectivity index (χ0v) is 14.6. The van der Waals surface area contributed by atoms with Gasteiger partial charge in [-0.2, -0.15) is 5.10 Å². The highest BCUT2D eigenvalue weighted by atomic mass is 16.5. The second-order valence-electron chi connectivity index (χ2n) is 6.13. The summed E-state index contributed by atoms with van der Waals surface area (Å²) in [7, 11) is 3.12. The number of anilines is 1. The number of hydrogen-bond donors (Lipinski definition) is 2. The Balaban J connectivity index is 1.54. The van der Waals surface area contributed by atoms with Crippen molar-refractivity contribution in [3.8, 4) is 11.5 Å². The number of rotatable bonds is 5. The Bertz CT molecular complexity index is 694. The summed E-state index contributed by atoms with van der Waals surface area (Å²) in [6.45, 7) is 0. The number of benzene rings is 1. The van der Waals surface area contributed by atoms with Gasteiger partial charge in [0, 0.05) is 18.4 Å². The number of methoxy groups -OCH3 is 2. The van der Waals surface area contributed by atoms with Crippen LogP contribution < -0.4 is 20.1 Å². The number of urea groups is 1. The lowest BCUT2D eigenvalue weighted by Crippen LogP contribution is -2.40. The molecular formula is C18H24N4O3. The van der Waals surface area contributed by atoms with Crippen LogP contribution in [0.4, 0.5) is 10.5 Å². The molecule has 2 aromatic rings. The molecule has 0 bridgehead atoms. The Kier molecular flexibility index (Phi) is 5.42. The van der Waals surface area contributed by atoms with Gasteiger partial charge in [-0.05, 0) is 43.9 Å². The first-order valence-corrected chi connectivity index (χ1v) is 8.49. The molecule has 1 saturated carbocycles. The summed E-state index contributed by atoms with van der Waals surface area (Å²) in [5.74, 6) is 1.10. The molecule has 0 atom stereocenters. The van der Waals surface area contributed by atoms with Gasteiger partial charge in [0.05, 0.1) is 25.9 Å². The Labute approximate surface area is 147 Å². The predicted molar refractivity (Wildman–Crippen MR) is 95.2 cm³/mol. The molecule has 0 saturated heterocycles. The third kappa shape index (κ3) is 4.04. The van der Waals surface area contributed by atoms with Crippen LogP contribution in [0.15, 0.2) is 36.7 Å². The maximum atomic E-state index is 12.3. The molecule has 1 fully saturated rings. The molecule has 1 heterocycles. The summed E-state index contributed by atoms with van der Waals surface area (Å²) in [6.07, 6.45) is 7.70. The zero-order valence-electron chi connectivity index (χ0n) is 14.6. The maximum absolute atomic E-state index is 12.3. The van der Waals surface area contributed by atoms with E-state index in [0.717, 1.165) is 25.7 Å². The molecule has 0 radical (unpaired) electrons. The lowest BCUT2D eigenvalue weighted by Gasteiger charge is -2.29. The molecule has 7 nitrogen and oxygen atoms in total. The highest BCUT2D eigenvalue weighted by Crippen LogP contribution is 2.34. The monoisotopic (exact) mass is 344 g/mol. The third-order valence-electron chi connectivity index (χ3n) is 4.58. The van der Waals surface area contributed by atoms with Crippen LogP contribution in [0.5, 0.6) is 11.5 Å². The number of aromatic nitrogens is 2. The Morgan fingerprint density at radius 1 is 1.16 bits per heavy atom. The second kappa shape index (κ2) is 7.92. The number of nitrogens with one attached hydrogen (secondary N) is 2. The Morgan fingerprint density at radius 3 is 2.60 bits per heavy atom. The van der Waals surface area contributed by atoms with E-state index in [1.165, 1.54) is 0 Å². The third-order valence-corrected chi connectivity index (χ3v) is 4.58. The topological polar surface area (TPSA) is 77.4 Å². The van der Waals surface area contributed by atoms with Crippen molar-refractivity contribution in [2.75, 3.05) is 19.5 Å². The average Bonchev–Trinajstić information content (AvgIpc) is 3.16. The van der Waals surface area contributed by atoms with Gasteiger partial charge in [-0.15, -0.1) is 0 Å². The Morgan fingerprint density at radius 2 is 1.96 bits per heavy atom. The molecule has 3 rings (SSSR count). The van der Waals surface area contributed by atoms with Crippen molar-refractivity contribution in [1.29, 1.82) is 0 Å². The smallest absolute Gasteiger partial charge is 0.319 e. The number of ether oxygens (including phenoxy) is 2. The lowest BCUT2D eigenvalue weighted by molar-refractivity contribution is 0.235. The van der Waals surface area contributed by atoms with E-state index in [9.17, 15) is 4.79 Å². The van der Waals surface area contributed by atoms with Gasteiger partial charge in [0.1, 0.15) is 0 Å². The van der Waals surface area contributed by atoms with Crippen LogP contribution >= 0.6 is 0 Å². The van der Waals surface area contributed by atoms with Gasteiger partial charge in [-0.3, -0.25) is 4.68 Å². The lowest BCUT2D eigenvalue weighted by atomic mass is 9.91. The van der Waals surface area contributed by atoms with Crippen LogP contribution in [0.25, 0.3) is 0 Å². The minimum absolute atomic E-state index is 0.170. The van der Waals surface area contributed by atoms with E-state index in [1.807, 2.05) is 23.0 Å². The van der Waals surface area contributed by atoms with Crippen LogP contribution in [0, 0.1) is 0 Å². The highest BCUT2D eigenvalue weighted by molar-refractivity contribution is 5.91. The molecular weight excluding hydrogens is 320 g/mol. The summed E-state index contributed by atoms with van der Waals surface area (Å²) < 4.78 is 12.6. The SMILES string of the molecule is COc1cccc(NC(=O)NC2CCC(n3cccn3)CC2)c1OC. The van der Waals surface area contributed by atoms with Crippen LogP contribution in [-0.2, 0) is 0 Å². The van der Waals surface area contributed by atoms with Crippen molar-refractivity contribution in [1.82, 2.24) is 15.1 Å². The van der Waals surface area contributed by atoms with Gasteiger partial charge in [0.15, 0.2) is 11.5 Å². The van der Waals surface area contributed by atoms with Crippen LogP contribution in [0.2, 0.25) is 0 Å². The maximum Gasteiger partial charge on any atom is 0.319 e. The predicted octanol–water partition coefficient (Wildman–Crippen LogP) is 3.21. The van der Waals surface area contributed by atoms with Gasteiger partial charge in [-0.1, -0.05) is 6.07 Å². The van der Waals surface area contributed by atoms with Crippen molar-refractivity contribution >= 4 is 11.7 Å². The first-order valence-electron chi connectivity index (χ1n) is 8.49. The molecule has 0 unspecified atom stereocenters. The zero-order chi connectivity index (χ0) is 17.6. The van der Waals surface area contributed by atoms with Crippen molar-refractivity contribution in [3.05, 3.63) is 36.7 Å². The molecule has 2 amide bonds. The van der Waals surface area contributed by atoms with Crippen molar-refractivity contribution in [3.63, 3.8) is 0 Å². The standard InChI is InChI=1S/C18H24N4O3/c1-24-16-6-3-5-15(17(16)25-2)21-18(23)20-13-7-9-14(10-8-13)22-12-4-11-19-22/h3-6,11-14H,7-10H2,1-2H3,(H2,20,21,23). The summed E-state index contributed by atoms with van der Waals surface area (Å²) in [4.78, 5) is 12.3. The molecule has 2 N–H and O–H groups in total. The van der Waals surface area contributed by atoms with E-state index in [2.05, 4.69) is 15.7 Å². The van der Waals surface area contributed by atoms with Crippen molar-refractivity contribution in [2.24, 2.45) is 0 Å². The molecule has 1 aromatic carbocycles. The quantitative estimate of drug-likeness (QED) is 0.873. The largest absolute Gasteiger partial charge is 0.493 e. The number of para-hydroxylation sites is 1. The van der Waals surface area contributed by atoms with Gasteiger partial charge < -0.3 is 20.1 Å². The number of carbonyl (C=O) groups excluding carboxylic acids is 1. The summed E-state index contributed by atoms with van der Waals surface area (Å²) in [5, 5.41) is 10.2. The molecule has 25 heavy (non-hydrogen) atoms. The normalized spacial score (nSPS) is 19.9. The summed E-state index contributed by atoms with van der Waals surface area (Å²) in [5.41, 5.74) is 0.588. The van der Waals surface area contributed by atoms with E-state index >= 15 is 0 Å². The molecule has 7 heteroatoms. The fraction of sp³-hybridized carbons (Fsp3) is 0.444. The molecule has 1 aliphatic rings. The summed E-state index contributed by atoms with van der Waals surface area (Å²) >= 11 is 0. The van der Waals surface area contributed by atoms with Crippen molar-refractivity contribution < 1.29 is 14.3 Å². The highest BCUT2D eigenvalue weighted by Gasteiger charge is 2.24. The molecule has 0 spiro atoms. The first kappa shape index (κ1) is 17.1. The van der Waals surface area contributed by atoms with Crippen LogP contribution in [-0.4, -0.2) is 36.1 Å². The van der Waals surface area contributed by atoms with Crippen LogP contribution in [0.3, 0.4) is 0 Å². The van der Waals surface area contributed by atoms with Gasteiger partial charge in [0.2, 0.25) is 0 Å². The molecule has 1 aromatic heterocycles. The minimum Gasteiger partial charge on any atom is -0.493 e. The van der Waals surface area contributed by atoms with E-state index in [4.69, 9.17) is 9.47 Å². The first-order chi connectivity index (χ1) is 12.2. The van der Waals surface area contributed by atoms with Crippen molar-refractivity contribution in [2.45, 2.75) is 37.8 Å². The number of hydrogen-bond acceptors (Lipinski definition) is 4. The average molecular weight is 344 g/mol. The number of carbonyl (C=O) groups is 1. The van der Waals surface area contributed by atoms with Gasteiger partial charge in [-0.25, -0.2) is 4.79 Å². The Hall–Kier alpha value is -2.70. The minimum atomic E-state index is -0.228. The summed E-state index contributed by atoms with van der Waals surface area (Å²) in [6, 6.07) is 7.70. The fourth-order valence-corrected chi connectivity index (χ4v) is 3.31. The number of nitrogens with zero attached hydrogens (tertiary/aromatic N) is 2. The van der Waals surface area contributed by atoms with E-state index in [0.29, 0.717) is 23.2 Å². The fourth-order valence-electron chi connectivity index (χ4n) is 3.31. The van der Waals surface area contributed by atoms with E-state index in [-0.39, 0.29) is 12.1 Å². The van der Waals surface area contributed by atoms with Crippen LogP contribution in [0.1, 0.15) is 31.7 Å². The molecule has 134 valence electrons. The molecule has 0 aliphatic heterocycles. The van der Waals surface area contributed by atoms with Gasteiger partial charge >= 0.3 is 6.03 Å².